The predicted molar refractivity (Wildman–Crippen MR) is 202 cm³/mol. The van der Waals surface area contributed by atoms with Crippen LogP contribution in [0.25, 0.3) is 17.1 Å². The zero-order chi connectivity index (χ0) is 36.9. The fraction of sp³-hybridized carbons (Fsp3) is 0.353. The van der Waals surface area contributed by atoms with Crippen LogP contribution in [-0.4, -0.2) is 50.6 Å². The Kier molecular flexibility index (Phi) is 12.9. The number of imidazole rings is 1. The molecule has 11 nitrogen and oxygen atoms in total. The summed E-state index contributed by atoms with van der Waals surface area (Å²) in [7, 11) is -8.14. The van der Waals surface area contributed by atoms with Gasteiger partial charge in [0.2, 0.25) is 12.4 Å². The van der Waals surface area contributed by atoms with E-state index < -0.39 is 26.0 Å². The fourth-order valence-electron chi connectivity index (χ4n) is 6.11. The third kappa shape index (κ3) is 9.50. The van der Waals surface area contributed by atoms with E-state index in [1.807, 2.05) is 55.2 Å². The van der Waals surface area contributed by atoms with E-state index in [2.05, 4.69) is 14.0 Å². The van der Waals surface area contributed by atoms with Gasteiger partial charge < -0.3 is 14.4 Å². The van der Waals surface area contributed by atoms with Crippen LogP contribution >= 0.6 is 46.4 Å². The number of aromatic nitrogens is 3. The van der Waals surface area contributed by atoms with Crippen molar-refractivity contribution in [1.29, 1.82) is 0 Å². The van der Waals surface area contributed by atoms with Crippen LogP contribution in [0.3, 0.4) is 0 Å². The van der Waals surface area contributed by atoms with Crippen LogP contribution in [0.15, 0.2) is 72.8 Å². The SMILES string of the molecule is CCN1C(=CC=Cc2n(CC)c3cc(Cl)c(Cl)cc3[n+]2CCCCS(=O)(=O)O[n+]2ccccc2)N(CCCCS(=O)(=O)[O-])c2cc(Cl)c(Cl)cc21. The van der Waals surface area contributed by atoms with Crippen LogP contribution < -0.4 is 23.4 Å². The lowest BCUT2D eigenvalue weighted by Crippen LogP contribution is -2.45. The summed E-state index contributed by atoms with van der Waals surface area (Å²) in [4.78, 5) is 4.13. The minimum atomic E-state index is -4.32. The summed E-state index contributed by atoms with van der Waals surface area (Å²) in [6.45, 7) is 6.20. The molecule has 2 aromatic heterocycles. The number of rotatable bonds is 16. The highest BCUT2D eigenvalue weighted by Gasteiger charge is 2.31. The van der Waals surface area contributed by atoms with E-state index in [-0.39, 0.29) is 12.2 Å². The standard InChI is InChI=1S/C34H38Cl4N5O6S2/c1-3-40-29-21-25(35)27(37)23-31(29)42(17-8-10-19-50(44,45)46)33(40)13-12-14-34-41(4-2)30-22-26(36)28(38)24-32(30)43(34)18-9-11-20-51(47,48)49-39-15-6-5-7-16-39/h5-7,12-16,21-24H,3-4,8-11,17-20H2,1-2H3/q+1. The first-order chi connectivity index (χ1) is 24.2. The number of hydrogen-bond acceptors (Lipinski definition) is 8. The number of halogens is 4. The van der Waals surface area contributed by atoms with E-state index in [9.17, 15) is 21.4 Å². The molecule has 0 spiro atoms. The summed E-state index contributed by atoms with van der Waals surface area (Å²) in [6.07, 6.45) is 10.5. The molecule has 5 rings (SSSR count). The van der Waals surface area contributed by atoms with E-state index in [4.69, 9.17) is 50.7 Å². The highest BCUT2D eigenvalue weighted by molar-refractivity contribution is 7.86. The third-order valence-corrected chi connectivity index (χ3v) is 11.8. The Morgan fingerprint density at radius 2 is 1.41 bits per heavy atom. The molecule has 0 N–H and O–H groups in total. The Labute approximate surface area is 318 Å². The van der Waals surface area contributed by atoms with Crippen LogP contribution in [0.4, 0.5) is 11.4 Å². The molecule has 2 aromatic carbocycles. The molecule has 0 saturated heterocycles. The van der Waals surface area contributed by atoms with Gasteiger partial charge in [-0.15, -0.1) is 4.28 Å². The summed E-state index contributed by atoms with van der Waals surface area (Å²) >= 11 is 25.8. The Hall–Kier alpha value is -3.04. The highest BCUT2D eigenvalue weighted by atomic mass is 35.5. The van der Waals surface area contributed by atoms with Gasteiger partial charge in [0.15, 0.2) is 11.0 Å². The van der Waals surface area contributed by atoms with Crippen molar-refractivity contribution in [2.24, 2.45) is 0 Å². The number of fused-ring (bicyclic) bond motifs is 2. The van der Waals surface area contributed by atoms with Crippen molar-refractivity contribution in [3.8, 4) is 0 Å². The molecular weight excluding hydrogens is 780 g/mol. The van der Waals surface area contributed by atoms with Crippen LogP contribution in [0.5, 0.6) is 0 Å². The number of aryl methyl sites for hydroxylation is 2. The molecule has 3 heterocycles. The first-order valence-corrected chi connectivity index (χ1v) is 21.1. The smallest absolute Gasteiger partial charge is 0.367 e. The molecule has 0 fully saturated rings. The van der Waals surface area contributed by atoms with Gasteiger partial charge in [-0.3, -0.25) is 0 Å². The fourth-order valence-corrected chi connectivity index (χ4v) is 8.30. The number of hydrogen-bond donors (Lipinski definition) is 0. The monoisotopic (exact) mass is 816 g/mol. The average Bonchev–Trinajstić information content (AvgIpc) is 3.51. The highest BCUT2D eigenvalue weighted by Crippen LogP contribution is 2.45. The van der Waals surface area contributed by atoms with E-state index in [1.165, 1.54) is 12.4 Å². The molecule has 0 bridgehead atoms. The average molecular weight is 819 g/mol. The van der Waals surface area contributed by atoms with E-state index in [0.29, 0.717) is 65.5 Å². The van der Waals surface area contributed by atoms with Gasteiger partial charge in [-0.1, -0.05) is 58.5 Å². The zero-order valence-electron chi connectivity index (χ0n) is 28.0. The maximum atomic E-state index is 12.6. The summed E-state index contributed by atoms with van der Waals surface area (Å²) in [6, 6.07) is 12.4. The molecule has 0 aliphatic carbocycles. The predicted octanol–water partition coefficient (Wildman–Crippen LogP) is 6.62. The number of pyridine rings is 1. The molecular formula is C34H38Cl4N5O6S2+. The van der Waals surface area contributed by atoms with Gasteiger partial charge >= 0.3 is 10.1 Å². The van der Waals surface area contributed by atoms with Gasteiger partial charge in [0.1, 0.15) is 5.82 Å². The Balaban J connectivity index is 1.46. The normalized spacial score (nSPS) is 14.4. The summed E-state index contributed by atoms with van der Waals surface area (Å²) in [5.41, 5.74) is 3.40. The molecule has 0 unspecified atom stereocenters. The molecule has 274 valence electrons. The summed E-state index contributed by atoms with van der Waals surface area (Å²) in [5, 5.41) is 1.62. The molecule has 17 heteroatoms. The maximum absolute atomic E-state index is 12.6. The number of benzene rings is 2. The van der Waals surface area contributed by atoms with Gasteiger partial charge in [0.25, 0.3) is 5.82 Å². The first kappa shape index (κ1) is 39.2. The lowest BCUT2D eigenvalue weighted by molar-refractivity contribution is -0.856. The second kappa shape index (κ2) is 16.7. The second-order valence-electron chi connectivity index (χ2n) is 11.8. The largest absolute Gasteiger partial charge is 0.748 e. The van der Waals surface area contributed by atoms with Crippen LogP contribution in [0, 0.1) is 0 Å². The maximum Gasteiger partial charge on any atom is 0.367 e. The third-order valence-electron chi connectivity index (χ3n) is 8.37. The van der Waals surface area contributed by atoms with Crippen LogP contribution in [0.2, 0.25) is 20.1 Å². The lowest BCUT2D eigenvalue weighted by atomic mass is 10.2. The minimum absolute atomic E-state index is 0.163. The lowest BCUT2D eigenvalue weighted by Gasteiger charge is -2.24. The second-order valence-corrected chi connectivity index (χ2v) is 16.6. The van der Waals surface area contributed by atoms with Gasteiger partial charge in [0.05, 0.1) is 60.4 Å². The van der Waals surface area contributed by atoms with Crippen molar-refractivity contribution in [3.63, 3.8) is 0 Å². The Morgan fingerprint density at radius 3 is 2.06 bits per heavy atom. The van der Waals surface area contributed by atoms with Crippen LogP contribution in [-0.2, 0) is 33.3 Å². The van der Waals surface area contributed by atoms with E-state index in [0.717, 1.165) is 38.8 Å². The Morgan fingerprint density at radius 1 is 0.784 bits per heavy atom. The van der Waals surface area contributed by atoms with Crippen molar-refractivity contribution in [2.75, 3.05) is 34.4 Å². The van der Waals surface area contributed by atoms with Gasteiger partial charge in [-0.05, 0) is 57.7 Å². The molecule has 4 aromatic rings. The van der Waals surface area contributed by atoms with Crippen molar-refractivity contribution >= 4 is 95.1 Å². The zero-order valence-corrected chi connectivity index (χ0v) is 32.7. The molecule has 51 heavy (non-hydrogen) atoms. The number of nitrogens with zero attached hydrogens (tertiary/aromatic N) is 5. The topological polar surface area (TPSA) is 120 Å². The molecule has 1 aliphatic heterocycles. The van der Waals surface area contributed by atoms with Crippen molar-refractivity contribution in [1.82, 2.24) is 4.57 Å². The molecule has 0 amide bonds. The quantitative estimate of drug-likeness (QED) is 0.0704. The summed E-state index contributed by atoms with van der Waals surface area (Å²) in [5.74, 6) is 1.07. The molecule has 1 aliphatic rings. The van der Waals surface area contributed by atoms with Crippen molar-refractivity contribution in [2.45, 2.75) is 52.6 Å². The first-order valence-electron chi connectivity index (χ1n) is 16.4. The molecule has 0 atom stereocenters. The van der Waals surface area contributed by atoms with Gasteiger partial charge in [0, 0.05) is 53.9 Å². The van der Waals surface area contributed by atoms with Gasteiger partial charge in [-0.25, -0.2) is 17.6 Å². The minimum Gasteiger partial charge on any atom is -0.748 e. The number of allylic oxidation sites excluding steroid dienone is 2. The number of unbranched alkanes of at least 4 members (excludes halogenated alkanes) is 2. The Bertz CT molecular complexity index is 2180. The van der Waals surface area contributed by atoms with E-state index in [1.54, 1.807) is 24.3 Å². The van der Waals surface area contributed by atoms with E-state index >= 15 is 0 Å². The van der Waals surface area contributed by atoms with Crippen LogP contribution in [0.1, 0.15) is 45.4 Å². The molecule has 0 saturated carbocycles. The van der Waals surface area contributed by atoms with Crippen molar-refractivity contribution in [3.05, 3.63) is 98.7 Å². The number of anilines is 2. The molecule has 0 radical (unpaired) electrons. The van der Waals surface area contributed by atoms with Crippen molar-refractivity contribution < 1.29 is 35.0 Å². The summed E-state index contributed by atoms with van der Waals surface area (Å²) < 4.78 is 69.6. The van der Waals surface area contributed by atoms with Gasteiger partial charge in [-0.2, -0.15) is 8.42 Å².